The third-order valence-corrected chi connectivity index (χ3v) is 4.63. The highest BCUT2D eigenvalue weighted by molar-refractivity contribution is 5.76. The fourth-order valence-corrected chi connectivity index (χ4v) is 3.37. The summed E-state index contributed by atoms with van der Waals surface area (Å²) in [4.78, 5) is 21.1. The van der Waals surface area contributed by atoms with Gasteiger partial charge in [0.05, 0.1) is 12.6 Å². The minimum atomic E-state index is -1.36. The van der Waals surface area contributed by atoms with Crippen LogP contribution in [0.1, 0.15) is 17.8 Å². The SMILES string of the molecule is O=C(O)[C@]1(Cc2cccc(F)c2)CN(Cc2ncc[nH]2)CC[C@H]1O. The molecular formula is C17H20FN3O3. The molecular weight excluding hydrogens is 313 g/mol. The zero-order valence-corrected chi connectivity index (χ0v) is 13.2. The van der Waals surface area contributed by atoms with E-state index in [0.29, 0.717) is 25.1 Å². The molecule has 1 aliphatic heterocycles. The van der Waals surface area contributed by atoms with Crippen LogP contribution in [0.2, 0.25) is 0 Å². The van der Waals surface area contributed by atoms with Gasteiger partial charge in [-0.25, -0.2) is 9.37 Å². The number of hydrogen-bond donors (Lipinski definition) is 3. The first-order valence-electron chi connectivity index (χ1n) is 7.86. The zero-order chi connectivity index (χ0) is 17.2. The van der Waals surface area contributed by atoms with Gasteiger partial charge < -0.3 is 15.2 Å². The highest BCUT2D eigenvalue weighted by Gasteiger charge is 2.49. The summed E-state index contributed by atoms with van der Waals surface area (Å²) < 4.78 is 13.4. The lowest BCUT2D eigenvalue weighted by Gasteiger charge is -2.43. The van der Waals surface area contributed by atoms with Crippen LogP contribution >= 0.6 is 0 Å². The molecule has 0 aliphatic carbocycles. The van der Waals surface area contributed by atoms with Crippen LogP contribution in [0.3, 0.4) is 0 Å². The summed E-state index contributed by atoms with van der Waals surface area (Å²) in [5.74, 6) is -0.731. The number of imidazole rings is 1. The van der Waals surface area contributed by atoms with E-state index in [9.17, 15) is 19.4 Å². The Labute approximate surface area is 139 Å². The number of piperidine rings is 1. The highest BCUT2D eigenvalue weighted by Crippen LogP contribution is 2.35. The molecule has 3 rings (SSSR count). The van der Waals surface area contributed by atoms with E-state index in [1.54, 1.807) is 24.5 Å². The van der Waals surface area contributed by atoms with E-state index < -0.39 is 23.3 Å². The Kier molecular flexibility index (Phi) is 4.64. The first kappa shape index (κ1) is 16.6. The van der Waals surface area contributed by atoms with Crippen molar-refractivity contribution in [2.45, 2.75) is 25.5 Å². The van der Waals surface area contributed by atoms with E-state index in [1.165, 1.54) is 12.1 Å². The fourth-order valence-electron chi connectivity index (χ4n) is 3.37. The number of halogens is 1. The molecule has 1 aromatic carbocycles. The van der Waals surface area contributed by atoms with Crippen LogP contribution in [0.25, 0.3) is 0 Å². The number of aromatic nitrogens is 2. The van der Waals surface area contributed by atoms with E-state index in [2.05, 4.69) is 9.97 Å². The van der Waals surface area contributed by atoms with Gasteiger partial charge in [0, 0.05) is 25.5 Å². The number of nitrogens with one attached hydrogen (secondary N) is 1. The molecule has 2 heterocycles. The van der Waals surface area contributed by atoms with Gasteiger partial charge in [-0.2, -0.15) is 0 Å². The Bertz CT molecular complexity index is 707. The number of benzene rings is 1. The van der Waals surface area contributed by atoms with E-state index >= 15 is 0 Å². The summed E-state index contributed by atoms with van der Waals surface area (Å²) in [6, 6.07) is 5.88. The molecule has 6 nitrogen and oxygen atoms in total. The van der Waals surface area contributed by atoms with Gasteiger partial charge in [0.25, 0.3) is 0 Å². The van der Waals surface area contributed by atoms with Crippen molar-refractivity contribution in [3.8, 4) is 0 Å². The van der Waals surface area contributed by atoms with Crippen LogP contribution < -0.4 is 0 Å². The lowest BCUT2D eigenvalue weighted by molar-refractivity contribution is -0.163. The summed E-state index contributed by atoms with van der Waals surface area (Å²) in [7, 11) is 0. The number of aliphatic hydroxyl groups is 1. The van der Waals surface area contributed by atoms with E-state index in [0.717, 1.165) is 5.82 Å². The fraction of sp³-hybridized carbons (Fsp3) is 0.412. The molecule has 2 aromatic rings. The summed E-state index contributed by atoms with van der Waals surface area (Å²) >= 11 is 0. The van der Waals surface area contributed by atoms with Crippen molar-refractivity contribution >= 4 is 5.97 Å². The third kappa shape index (κ3) is 3.32. The summed E-state index contributed by atoms with van der Waals surface area (Å²) in [5.41, 5.74) is -0.796. The molecule has 0 amide bonds. The molecule has 0 unspecified atom stereocenters. The number of nitrogens with zero attached hydrogens (tertiary/aromatic N) is 2. The Hall–Kier alpha value is -2.25. The number of hydrogen-bond acceptors (Lipinski definition) is 4. The molecule has 0 saturated carbocycles. The predicted molar refractivity (Wildman–Crippen MR) is 84.7 cm³/mol. The topological polar surface area (TPSA) is 89.5 Å². The monoisotopic (exact) mass is 333 g/mol. The van der Waals surface area contributed by atoms with Crippen molar-refractivity contribution in [1.29, 1.82) is 0 Å². The van der Waals surface area contributed by atoms with E-state index in [1.807, 2.05) is 4.90 Å². The number of aromatic amines is 1. The average molecular weight is 333 g/mol. The minimum Gasteiger partial charge on any atom is -0.481 e. The van der Waals surface area contributed by atoms with Gasteiger partial charge in [-0.1, -0.05) is 12.1 Å². The van der Waals surface area contributed by atoms with Crippen molar-refractivity contribution in [2.75, 3.05) is 13.1 Å². The smallest absolute Gasteiger partial charge is 0.313 e. The first-order chi connectivity index (χ1) is 11.5. The molecule has 0 bridgehead atoms. The molecule has 2 atom stereocenters. The lowest BCUT2D eigenvalue weighted by atomic mass is 9.73. The van der Waals surface area contributed by atoms with Gasteiger partial charge in [-0.15, -0.1) is 0 Å². The van der Waals surface area contributed by atoms with Crippen molar-refractivity contribution in [2.24, 2.45) is 5.41 Å². The van der Waals surface area contributed by atoms with Gasteiger partial charge in [0.2, 0.25) is 0 Å². The number of carboxylic acid groups (broad SMARTS) is 1. The maximum Gasteiger partial charge on any atom is 0.313 e. The second-order valence-corrected chi connectivity index (χ2v) is 6.32. The second-order valence-electron chi connectivity index (χ2n) is 6.32. The van der Waals surface area contributed by atoms with Crippen LogP contribution in [0.4, 0.5) is 4.39 Å². The van der Waals surface area contributed by atoms with Crippen LogP contribution in [0.15, 0.2) is 36.7 Å². The molecule has 3 N–H and O–H groups in total. The number of carboxylic acids is 1. The number of aliphatic carboxylic acids is 1. The predicted octanol–water partition coefficient (Wildman–Crippen LogP) is 1.43. The lowest BCUT2D eigenvalue weighted by Crippen LogP contribution is -2.56. The number of likely N-dealkylation sites (tertiary alicyclic amines) is 1. The van der Waals surface area contributed by atoms with Crippen molar-refractivity contribution in [3.05, 3.63) is 53.9 Å². The minimum absolute atomic E-state index is 0.0793. The second kappa shape index (κ2) is 6.70. The van der Waals surface area contributed by atoms with Crippen molar-refractivity contribution in [3.63, 3.8) is 0 Å². The number of H-pyrrole nitrogens is 1. The van der Waals surface area contributed by atoms with Crippen molar-refractivity contribution < 1.29 is 19.4 Å². The summed E-state index contributed by atoms with van der Waals surface area (Å²) in [5, 5.41) is 20.3. The molecule has 1 aliphatic rings. The van der Waals surface area contributed by atoms with Crippen LogP contribution in [-0.2, 0) is 17.8 Å². The Morgan fingerprint density at radius 1 is 1.50 bits per heavy atom. The van der Waals surface area contributed by atoms with E-state index in [-0.39, 0.29) is 13.0 Å². The molecule has 1 fully saturated rings. The summed E-state index contributed by atoms with van der Waals surface area (Å²) in [6.45, 7) is 1.25. The number of rotatable bonds is 5. The molecule has 1 aromatic heterocycles. The van der Waals surface area contributed by atoms with Gasteiger partial charge in [0.1, 0.15) is 17.1 Å². The molecule has 1 saturated heterocycles. The zero-order valence-electron chi connectivity index (χ0n) is 13.2. The molecule has 24 heavy (non-hydrogen) atoms. The number of carbonyl (C=O) groups is 1. The van der Waals surface area contributed by atoms with Crippen molar-refractivity contribution in [1.82, 2.24) is 14.9 Å². The van der Waals surface area contributed by atoms with Crippen LogP contribution in [0.5, 0.6) is 0 Å². The Balaban J connectivity index is 1.84. The molecule has 0 spiro atoms. The molecule has 7 heteroatoms. The van der Waals surface area contributed by atoms with Gasteiger partial charge in [-0.05, 0) is 30.5 Å². The first-order valence-corrected chi connectivity index (χ1v) is 7.86. The van der Waals surface area contributed by atoms with Gasteiger partial charge >= 0.3 is 5.97 Å². The Morgan fingerprint density at radius 2 is 2.33 bits per heavy atom. The number of aliphatic hydroxyl groups excluding tert-OH is 1. The van der Waals surface area contributed by atoms with Gasteiger partial charge in [-0.3, -0.25) is 9.69 Å². The third-order valence-electron chi connectivity index (χ3n) is 4.63. The van der Waals surface area contributed by atoms with Gasteiger partial charge in [0.15, 0.2) is 0 Å². The standard InChI is InChI=1S/C17H20FN3O3/c18-13-3-1-2-12(8-13)9-17(16(23)24)11-21(7-4-14(17)22)10-15-19-5-6-20-15/h1-3,5-6,8,14,22H,4,7,9-11H2,(H,19,20)(H,23,24)/t14-,17-/m1/s1. The summed E-state index contributed by atoms with van der Waals surface area (Å²) in [6.07, 6.45) is 2.81. The quantitative estimate of drug-likeness (QED) is 0.770. The highest BCUT2D eigenvalue weighted by atomic mass is 19.1. The van der Waals surface area contributed by atoms with Crippen LogP contribution in [0, 0.1) is 11.2 Å². The molecule has 128 valence electrons. The normalized spacial score (nSPS) is 24.8. The average Bonchev–Trinajstić information content (AvgIpc) is 3.03. The maximum absolute atomic E-state index is 13.4. The van der Waals surface area contributed by atoms with Crippen LogP contribution in [-0.4, -0.2) is 50.2 Å². The molecule has 0 radical (unpaired) electrons. The Morgan fingerprint density at radius 3 is 3.00 bits per heavy atom. The largest absolute Gasteiger partial charge is 0.481 e. The maximum atomic E-state index is 13.4. The van der Waals surface area contributed by atoms with E-state index in [4.69, 9.17) is 0 Å².